The van der Waals surface area contributed by atoms with Crippen molar-refractivity contribution in [1.82, 2.24) is 19.3 Å². The van der Waals surface area contributed by atoms with Gasteiger partial charge >= 0.3 is 21.1 Å². The van der Waals surface area contributed by atoms with Crippen LogP contribution >= 0.6 is 0 Å². The number of aromatic nitrogens is 4. The number of nitrogens with zero attached hydrogens (tertiary/aromatic N) is 4. The Kier molecular flexibility index (Phi) is 9.06. The van der Waals surface area contributed by atoms with Crippen LogP contribution in [-0.2, 0) is 21.1 Å². The van der Waals surface area contributed by atoms with Crippen molar-refractivity contribution in [2.45, 2.75) is 67.2 Å². The van der Waals surface area contributed by atoms with Crippen molar-refractivity contribution >= 4 is 21.8 Å². The summed E-state index contributed by atoms with van der Waals surface area (Å²) in [5, 5.41) is 7.30. The smallest absolute Gasteiger partial charge is 0.509 e. The molecule has 0 bridgehead atoms. The Morgan fingerprint density at radius 3 is 2.38 bits per heavy atom. The molecule has 0 saturated carbocycles. The van der Waals surface area contributed by atoms with Crippen molar-refractivity contribution in [3.05, 3.63) is 119 Å². The van der Waals surface area contributed by atoms with Gasteiger partial charge in [-0.05, 0) is 79.3 Å². The zero-order chi connectivity index (χ0) is 32.3. The SMILES string of the molecule is CC1=C[C@H](C)[C@H](C)[C@H](C)C1c1c(C)nn(-c2[c-]c(Oc3[c-]c4c(cc3)c3ccccc3n4-c3cc(C(C)C)ccn3)ccc2)c1C.[Pt+2]. The van der Waals surface area contributed by atoms with Crippen molar-refractivity contribution < 1.29 is 25.8 Å². The number of allylic oxidation sites excluding steroid dienone is 2. The minimum atomic E-state index is 0. The molecule has 4 atom stereocenters. The van der Waals surface area contributed by atoms with E-state index in [-0.39, 0.29) is 21.1 Å². The van der Waals surface area contributed by atoms with Crippen LogP contribution in [0.3, 0.4) is 0 Å². The molecule has 3 aromatic heterocycles. The molecule has 0 radical (unpaired) electrons. The van der Waals surface area contributed by atoms with Crippen LogP contribution in [0.4, 0.5) is 0 Å². The largest absolute Gasteiger partial charge is 2.00 e. The standard InChI is InChI=1S/C41H42N4O.Pt/c1-24(2)31-18-19-42-39(21-31)44-37-15-10-9-14-35(37)36-17-16-34(23-38(36)44)46-33-13-11-12-32(22-33)45-30(8)41(29(7)43-45)40-26(4)20-25(3)27(5)28(40)6;/h9-21,24-25,27-28,40H,1-8H3;/q-2;+2/t25-,27-,28-,40?;/m0./s1. The first-order valence-electron chi connectivity index (χ1n) is 16.5. The van der Waals surface area contributed by atoms with Crippen LogP contribution in [0.25, 0.3) is 33.3 Å². The van der Waals surface area contributed by atoms with Gasteiger partial charge in [0, 0.05) is 40.4 Å². The van der Waals surface area contributed by atoms with Gasteiger partial charge in [0.2, 0.25) is 0 Å². The molecule has 0 spiro atoms. The van der Waals surface area contributed by atoms with Gasteiger partial charge in [-0.15, -0.1) is 35.7 Å². The monoisotopic (exact) mass is 801 g/mol. The Morgan fingerprint density at radius 2 is 1.60 bits per heavy atom. The van der Waals surface area contributed by atoms with E-state index in [0.717, 1.165) is 44.7 Å². The Morgan fingerprint density at radius 1 is 0.830 bits per heavy atom. The van der Waals surface area contributed by atoms with Gasteiger partial charge in [0.25, 0.3) is 0 Å². The molecule has 6 aromatic rings. The molecule has 0 saturated heterocycles. The van der Waals surface area contributed by atoms with Gasteiger partial charge in [0.05, 0.1) is 5.69 Å². The maximum atomic E-state index is 6.46. The number of rotatable bonds is 6. The summed E-state index contributed by atoms with van der Waals surface area (Å²) in [5.74, 6) is 4.62. The van der Waals surface area contributed by atoms with E-state index in [1.807, 2.05) is 35.1 Å². The van der Waals surface area contributed by atoms with Gasteiger partial charge in [-0.1, -0.05) is 70.0 Å². The molecule has 3 aromatic carbocycles. The predicted molar refractivity (Wildman–Crippen MR) is 187 cm³/mol. The number of hydrogen-bond donors (Lipinski definition) is 0. The summed E-state index contributed by atoms with van der Waals surface area (Å²) in [4.78, 5) is 4.77. The molecular formula is C41H42N4OPt. The molecule has 5 nitrogen and oxygen atoms in total. The third-order valence-corrected chi connectivity index (χ3v) is 10.3. The van der Waals surface area contributed by atoms with Gasteiger partial charge < -0.3 is 9.30 Å². The Bertz CT molecular complexity index is 2120. The maximum Gasteiger partial charge on any atom is 2.00 e. The molecule has 0 fully saturated rings. The minimum absolute atomic E-state index is 0. The molecule has 1 aliphatic rings. The van der Waals surface area contributed by atoms with Crippen LogP contribution in [0.1, 0.15) is 75.9 Å². The van der Waals surface area contributed by atoms with E-state index in [4.69, 9.17) is 14.8 Å². The fourth-order valence-corrected chi connectivity index (χ4v) is 7.52. The van der Waals surface area contributed by atoms with Crippen LogP contribution < -0.4 is 4.74 Å². The maximum absolute atomic E-state index is 6.46. The topological polar surface area (TPSA) is 44.9 Å². The molecule has 6 heteroatoms. The fraction of sp³-hybridized carbons (Fsp3) is 0.317. The molecule has 0 aliphatic heterocycles. The van der Waals surface area contributed by atoms with Gasteiger partial charge in [-0.2, -0.15) is 17.2 Å². The molecular weight excluding hydrogens is 760 g/mol. The second-order valence-corrected chi connectivity index (χ2v) is 13.5. The molecule has 7 rings (SSSR count). The number of fused-ring (bicyclic) bond motifs is 3. The summed E-state index contributed by atoms with van der Waals surface area (Å²) in [6, 6.07) is 29.9. The normalized spacial score (nSPS) is 19.6. The Hall–Kier alpha value is -3.95. The first-order chi connectivity index (χ1) is 22.1. The minimum Gasteiger partial charge on any atom is -0.509 e. The summed E-state index contributed by atoms with van der Waals surface area (Å²) in [7, 11) is 0. The molecule has 1 unspecified atom stereocenters. The van der Waals surface area contributed by atoms with Crippen LogP contribution in [0.15, 0.2) is 84.6 Å². The van der Waals surface area contributed by atoms with E-state index < -0.39 is 0 Å². The fourth-order valence-electron chi connectivity index (χ4n) is 7.52. The first kappa shape index (κ1) is 33.0. The van der Waals surface area contributed by atoms with Crippen LogP contribution in [0.5, 0.6) is 11.5 Å². The van der Waals surface area contributed by atoms with Crippen LogP contribution in [0.2, 0.25) is 0 Å². The molecule has 3 heterocycles. The van der Waals surface area contributed by atoms with Crippen LogP contribution in [-0.4, -0.2) is 19.3 Å². The van der Waals surface area contributed by atoms with Gasteiger partial charge in [-0.3, -0.25) is 4.68 Å². The van der Waals surface area contributed by atoms with Crippen molar-refractivity contribution in [3.63, 3.8) is 0 Å². The van der Waals surface area contributed by atoms with Crippen LogP contribution in [0, 0.1) is 43.7 Å². The molecule has 242 valence electrons. The summed E-state index contributed by atoms with van der Waals surface area (Å²) in [6.45, 7) is 18.1. The quantitative estimate of drug-likeness (QED) is 0.125. The van der Waals surface area contributed by atoms with Crippen molar-refractivity contribution in [1.29, 1.82) is 0 Å². The number of pyridine rings is 1. The third-order valence-electron chi connectivity index (χ3n) is 10.3. The number of hydrogen-bond acceptors (Lipinski definition) is 3. The summed E-state index contributed by atoms with van der Waals surface area (Å²) < 4.78 is 10.7. The molecule has 0 amide bonds. The zero-order valence-electron chi connectivity index (χ0n) is 28.4. The first-order valence-corrected chi connectivity index (χ1v) is 16.5. The second-order valence-electron chi connectivity index (χ2n) is 13.5. The predicted octanol–water partition coefficient (Wildman–Crippen LogP) is 10.4. The Labute approximate surface area is 292 Å². The zero-order valence-corrected chi connectivity index (χ0v) is 30.7. The van der Waals surface area contributed by atoms with Crippen molar-refractivity contribution in [3.8, 4) is 23.0 Å². The van der Waals surface area contributed by atoms with E-state index in [1.54, 1.807) is 0 Å². The summed E-state index contributed by atoms with van der Waals surface area (Å²) in [6.07, 6.45) is 4.35. The average molecular weight is 802 g/mol. The molecule has 47 heavy (non-hydrogen) atoms. The summed E-state index contributed by atoms with van der Waals surface area (Å²) in [5.41, 5.74) is 9.14. The van der Waals surface area contributed by atoms with Crippen molar-refractivity contribution in [2.24, 2.45) is 17.8 Å². The molecule has 1 aliphatic carbocycles. The number of para-hydroxylation sites is 1. The summed E-state index contributed by atoms with van der Waals surface area (Å²) >= 11 is 0. The second kappa shape index (κ2) is 12.9. The van der Waals surface area contributed by atoms with Gasteiger partial charge in [-0.25, -0.2) is 4.98 Å². The number of benzene rings is 3. The average Bonchev–Trinajstić information content (AvgIpc) is 3.53. The number of aryl methyl sites for hydroxylation is 1. The van der Waals surface area contributed by atoms with Gasteiger partial charge in [0.15, 0.2) is 0 Å². The van der Waals surface area contributed by atoms with E-state index in [1.165, 1.54) is 16.7 Å². The van der Waals surface area contributed by atoms with E-state index in [0.29, 0.717) is 41.1 Å². The number of ether oxygens (including phenoxy) is 1. The van der Waals surface area contributed by atoms with E-state index >= 15 is 0 Å². The van der Waals surface area contributed by atoms with Crippen molar-refractivity contribution in [2.75, 3.05) is 0 Å². The van der Waals surface area contributed by atoms with E-state index in [2.05, 4.69) is 121 Å². The van der Waals surface area contributed by atoms with E-state index in [9.17, 15) is 0 Å². The third kappa shape index (κ3) is 5.78. The Balaban J connectivity index is 0.00000386. The van der Waals surface area contributed by atoms with Gasteiger partial charge in [0.1, 0.15) is 5.82 Å². The molecule has 0 N–H and O–H groups in total.